The summed E-state index contributed by atoms with van der Waals surface area (Å²) in [5.74, 6) is -0.164. The minimum Gasteiger partial charge on any atom is -0.466 e. The molecule has 0 bridgehead atoms. The molecule has 2 nitrogen and oxygen atoms in total. The molecule has 0 aromatic heterocycles. The van der Waals surface area contributed by atoms with Gasteiger partial charge in [-0.3, -0.25) is 4.79 Å². The van der Waals surface area contributed by atoms with E-state index in [-0.39, 0.29) is 5.97 Å². The Bertz CT molecular complexity index is 227. The Morgan fingerprint density at radius 3 is 1.74 bits per heavy atom. The molecule has 0 aliphatic carbocycles. The molecule has 0 rings (SSSR count). The van der Waals surface area contributed by atoms with Crippen molar-refractivity contribution in [3.05, 3.63) is 0 Å². The van der Waals surface area contributed by atoms with Gasteiger partial charge >= 0.3 is 5.97 Å². The van der Waals surface area contributed by atoms with Gasteiger partial charge < -0.3 is 4.74 Å². The number of ether oxygens (including phenoxy) is 1. The normalized spacial score (nSPS) is 11.6. The lowest BCUT2D eigenvalue weighted by atomic mass is 10.1. The van der Waals surface area contributed by atoms with Gasteiger partial charge in [0.25, 0.3) is 0 Å². The van der Waals surface area contributed by atoms with Gasteiger partial charge in [0.05, 0.1) is 6.61 Å². The Hall–Kier alpha value is -0.0231. The lowest BCUT2D eigenvalue weighted by molar-refractivity contribution is -0.141. The Labute approximate surface area is 125 Å². The van der Waals surface area contributed by atoms with E-state index in [9.17, 15) is 4.79 Å². The second kappa shape index (κ2) is 11.8. The van der Waals surface area contributed by atoms with Crippen molar-refractivity contribution in [1.82, 2.24) is 0 Å². The SMILES string of the molecule is CC(=O)OCCCCCCCCCCC[Si](C)(C)Cl. The third-order valence-electron chi connectivity index (χ3n) is 3.22. The van der Waals surface area contributed by atoms with Crippen molar-refractivity contribution < 1.29 is 9.53 Å². The highest BCUT2D eigenvalue weighted by molar-refractivity contribution is 7.19. The molecule has 0 atom stereocenters. The van der Waals surface area contributed by atoms with Crippen LogP contribution in [-0.4, -0.2) is 20.0 Å². The summed E-state index contributed by atoms with van der Waals surface area (Å²) in [5, 5.41) is 0. The summed E-state index contributed by atoms with van der Waals surface area (Å²) in [5.41, 5.74) is 0. The number of halogens is 1. The van der Waals surface area contributed by atoms with Crippen LogP contribution in [0.25, 0.3) is 0 Å². The molecule has 4 heteroatoms. The van der Waals surface area contributed by atoms with E-state index >= 15 is 0 Å². The van der Waals surface area contributed by atoms with Crippen molar-refractivity contribution in [1.29, 1.82) is 0 Å². The summed E-state index contributed by atoms with van der Waals surface area (Å²) < 4.78 is 4.89. The summed E-state index contributed by atoms with van der Waals surface area (Å²) in [6.45, 7) is 6.51. The van der Waals surface area contributed by atoms with Gasteiger partial charge in [0, 0.05) is 6.92 Å². The van der Waals surface area contributed by atoms with E-state index in [1.807, 2.05) is 0 Å². The average molecular weight is 307 g/mol. The van der Waals surface area contributed by atoms with Gasteiger partial charge in [-0.25, -0.2) is 0 Å². The second-order valence-corrected chi connectivity index (χ2v) is 13.0. The molecule has 19 heavy (non-hydrogen) atoms. The highest BCUT2D eigenvalue weighted by atomic mass is 35.6. The number of hydrogen-bond acceptors (Lipinski definition) is 2. The Morgan fingerprint density at radius 1 is 0.895 bits per heavy atom. The zero-order valence-electron chi connectivity index (χ0n) is 13.0. The standard InChI is InChI=1S/C15H31ClO2Si/c1-15(17)18-13-11-9-7-5-4-6-8-10-12-14-19(2,3)16/h4-14H2,1-3H3. The van der Waals surface area contributed by atoms with Gasteiger partial charge in [-0.05, 0) is 12.5 Å². The van der Waals surface area contributed by atoms with Gasteiger partial charge in [-0.15, -0.1) is 0 Å². The highest BCUT2D eigenvalue weighted by Gasteiger charge is 2.15. The van der Waals surface area contributed by atoms with Crippen LogP contribution in [0.2, 0.25) is 19.1 Å². The van der Waals surface area contributed by atoms with E-state index in [0.29, 0.717) is 6.61 Å². The van der Waals surface area contributed by atoms with Crippen LogP contribution in [-0.2, 0) is 9.53 Å². The maximum absolute atomic E-state index is 10.5. The minimum atomic E-state index is -1.32. The van der Waals surface area contributed by atoms with Gasteiger partial charge in [0.2, 0.25) is 0 Å². The molecule has 0 radical (unpaired) electrons. The Morgan fingerprint density at radius 2 is 1.32 bits per heavy atom. The van der Waals surface area contributed by atoms with Crippen LogP contribution in [0.4, 0.5) is 0 Å². The molecule has 114 valence electrons. The number of unbranched alkanes of at least 4 members (excludes halogenated alkanes) is 8. The van der Waals surface area contributed by atoms with Gasteiger partial charge in [0.15, 0.2) is 0 Å². The van der Waals surface area contributed by atoms with Gasteiger partial charge in [-0.1, -0.05) is 64.5 Å². The molecular formula is C15H31ClO2Si. The smallest absolute Gasteiger partial charge is 0.302 e. The lowest BCUT2D eigenvalue weighted by Crippen LogP contribution is -2.14. The first-order valence-corrected chi connectivity index (χ1v) is 12.0. The maximum atomic E-state index is 10.5. The summed E-state index contributed by atoms with van der Waals surface area (Å²) >= 11 is 6.28. The Kier molecular flexibility index (Phi) is 11.8. The molecule has 0 aromatic carbocycles. The van der Waals surface area contributed by atoms with E-state index in [0.717, 1.165) is 6.42 Å². The number of rotatable bonds is 12. The molecule has 0 fully saturated rings. The summed E-state index contributed by atoms with van der Waals surface area (Å²) in [6, 6.07) is 1.25. The zero-order chi connectivity index (χ0) is 14.6. The number of esters is 1. The van der Waals surface area contributed by atoms with Crippen LogP contribution < -0.4 is 0 Å². The monoisotopic (exact) mass is 306 g/mol. The fourth-order valence-corrected chi connectivity index (χ4v) is 3.59. The van der Waals surface area contributed by atoms with E-state index in [4.69, 9.17) is 15.8 Å². The molecule has 0 saturated carbocycles. The van der Waals surface area contributed by atoms with E-state index < -0.39 is 7.38 Å². The predicted molar refractivity (Wildman–Crippen MR) is 86.3 cm³/mol. The summed E-state index contributed by atoms with van der Waals surface area (Å²) in [7, 11) is -1.32. The molecule has 0 amide bonds. The van der Waals surface area contributed by atoms with Crippen molar-refractivity contribution in [3.63, 3.8) is 0 Å². The van der Waals surface area contributed by atoms with Crippen LogP contribution in [0.1, 0.15) is 64.7 Å². The Balaban J connectivity index is 3.05. The van der Waals surface area contributed by atoms with Crippen LogP contribution in [0.5, 0.6) is 0 Å². The average Bonchev–Trinajstić information content (AvgIpc) is 2.28. The molecule has 0 heterocycles. The van der Waals surface area contributed by atoms with Crippen LogP contribution >= 0.6 is 11.1 Å². The fourth-order valence-electron chi connectivity index (χ4n) is 2.10. The van der Waals surface area contributed by atoms with Crippen LogP contribution in [0.3, 0.4) is 0 Å². The van der Waals surface area contributed by atoms with Gasteiger partial charge in [0.1, 0.15) is 7.38 Å². The molecule has 0 unspecified atom stereocenters. The summed E-state index contributed by atoms with van der Waals surface area (Å²) in [4.78, 5) is 10.5. The topological polar surface area (TPSA) is 26.3 Å². The van der Waals surface area contributed by atoms with Crippen molar-refractivity contribution in [2.24, 2.45) is 0 Å². The molecule has 0 aromatic rings. The van der Waals surface area contributed by atoms with Crippen LogP contribution in [0.15, 0.2) is 0 Å². The predicted octanol–water partition coefficient (Wildman–Crippen LogP) is 5.50. The molecule has 0 N–H and O–H groups in total. The van der Waals surface area contributed by atoms with Crippen LogP contribution in [0, 0.1) is 0 Å². The quantitative estimate of drug-likeness (QED) is 0.206. The van der Waals surface area contributed by atoms with Crippen molar-refractivity contribution >= 4 is 24.4 Å². The molecule has 0 saturated heterocycles. The molecule has 0 aliphatic rings. The fraction of sp³-hybridized carbons (Fsp3) is 0.933. The number of carbonyl (C=O) groups excluding carboxylic acids is 1. The van der Waals surface area contributed by atoms with E-state index in [1.54, 1.807) is 0 Å². The van der Waals surface area contributed by atoms with E-state index in [2.05, 4.69) is 13.1 Å². The zero-order valence-corrected chi connectivity index (χ0v) is 14.7. The third kappa shape index (κ3) is 18.0. The van der Waals surface area contributed by atoms with Crippen molar-refractivity contribution in [2.45, 2.75) is 83.8 Å². The lowest BCUT2D eigenvalue weighted by Gasteiger charge is -2.11. The largest absolute Gasteiger partial charge is 0.466 e. The van der Waals surface area contributed by atoms with Crippen molar-refractivity contribution in [2.75, 3.05) is 6.61 Å². The first-order chi connectivity index (χ1) is 8.92. The first kappa shape index (κ1) is 19.0. The number of carbonyl (C=O) groups is 1. The molecular weight excluding hydrogens is 276 g/mol. The third-order valence-corrected chi connectivity index (χ3v) is 5.33. The maximum Gasteiger partial charge on any atom is 0.302 e. The molecule has 0 aliphatic heterocycles. The highest BCUT2D eigenvalue weighted by Crippen LogP contribution is 2.19. The van der Waals surface area contributed by atoms with Gasteiger partial charge in [-0.2, -0.15) is 11.1 Å². The van der Waals surface area contributed by atoms with E-state index in [1.165, 1.54) is 64.3 Å². The first-order valence-electron chi connectivity index (χ1n) is 7.74. The molecule has 0 spiro atoms. The number of hydrogen-bond donors (Lipinski definition) is 0. The van der Waals surface area contributed by atoms with Crippen molar-refractivity contribution in [3.8, 4) is 0 Å². The second-order valence-electron chi connectivity index (χ2n) is 5.99. The summed E-state index contributed by atoms with van der Waals surface area (Å²) in [6.07, 6.45) is 11.5. The minimum absolute atomic E-state index is 0.164.